The van der Waals surface area contributed by atoms with E-state index in [1.165, 1.54) is 0 Å². The van der Waals surface area contributed by atoms with Crippen molar-refractivity contribution in [2.45, 2.75) is 31.5 Å². The highest BCUT2D eigenvalue weighted by atomic mass is 16.5. The molecule has 0 saturated carbocycles. The van der Waals surface area contributed by atoms with Crippen LogP contribution in [0.2, 0.25) is 0 Å². The fourth-order valence-electron chi connectivity index (χ4n) is 4.07. The number of H-pyrrole nitrogens is 1. The average molecular weight is 378 g/mol. The molecule has 1 fully saturated rings. The SMILES string of the molecule is CO[C@H]1CCO[C@@H](CN2C(=O)Cc3ncc(-c4cnc5[nH]ccc5c4)cc32)C1. The van der Waals surface area contributed by atoms with Crippen molar-refractivity contribution in [3.63, 3.8) is 0 Å². The quantitative estimate of drug-likeness (QED) is 0.755. The van der Waals surface area contributed by atoms with Crippen LogP contribution in [-0.2, 0) is 20.7 Å². The Bertz CT molecular complexity index is 1030. The molecule has 3 aromatic heterocycles. The maximum atomic E-state index is 12.6. The molecule has 0 aliphatic carbocycles. The molecule has 28 heavy (non-hydrogen) atoms. The Morgan fingerprint density at radius 1 is 1.29 bits per heavy atom. The number of aromatic nitrogens is 3. The summed E-state index contributed by atoms with van der Waals surface area (Å²) in [5, 5.41) is 1.05. The van der Waals surface area contributed by atoms with Gasteiger partial charge in [-0.3, -0.25) is 9.78 Å². The molecule has 2 aliphatic heterocycles. The molecule has 1 amide bonds. The van der Waals surface area contributed by atoms with Crippen LogP contribution >= 0.6 is 0 Å². The third kappa shape index (κ3) is 3.06. The van der Waals surface area contributed by atoms with Crippen molar-refractivity contribution < 1.29 is 14.3 Å². The number of fused-ring (bicyclic) bond motifs is 2. The molecule has 5 rings (SSSR count). The standard InChI is InChI=1S/C21H22N4O3/c1-27-16-3-5-28-17(8-16)12-25-19-7-15(10-23-18(19)9-20(25)26)14-6-13-2-4-22-21(13)24-11-14/h2,4,6-7,10-11,16-17H,3,5,8-9,12H2,1H3,(H,22,24)/t16-,17+/m0/s1. The van der Waals surface area contributed by atoms with Crippen molar-refractivity contribution in [2.75, 3.05) is 25.2 Å². The van der Waals surface area contributed by atoms with Crippen LogP contribution in [-0.4, -0.2) is 53.3 Å². The summed E-state index contributed by atoms with van der Waals surface area (Å²) in [6.07, 6.45) is 7.75. The highest BCUT2D eigenvalue weighted by molar-refractivity contribution is 6.01. The van der Waals surface area contributed by atoms with Gasteiger partial charge in [-0.25, -0.2) is 4.98 Å². The van der Waals surface area contributed by atoms with Gasteiger partial charge in [0.2, 0.25) is 5.91 Å². The molecular formula is C21H22N4O3. The summed E-state index contributed by atoms with van der Waals surface area (Å²) >= 11 is 0. The maximum absolute atomic E-state index is 12.6. The lowest BCUT2D eigenvalue weighted by atomic mass is 10.0. The van der Waals surface area contributed by atoms with Crippen LogP contribution < -0.4 is 4.90 Å². The number of carbonyl (C=O) groups is 1. The number of aromatic amines is 1. The van der Waals surface area contributed by atoms with Crippen molar-refractivity contribution in [3.8, 4) is 11.1 Å². The van der Waals surface area contributed by atoms with E-state index in [4.69, 9.17) is 9.47 Å². The minimum Gasteiger partial charge on any atom is -0.381 e. The van der Waals surface area contributed by atoms with Gasteiger partial charge < -0.3 is 19.4 Å². The predicted octanol–water partition coefficient (Wildman–Crippen LogP) is 2.71. The van der Waals surface area contributed by atoms with Gasteiger partial charge in [0, 0.05) is 55.2 Å². The fraction of sp³-hybridized carbons (Fsp3) is 0.381. The number of carbonyl (C=O) groups excluding carboxylic acids is 1. The topological polar surface area (TPSA) is 80.3 Å². The highest BCUT2D eigenvalue weighted by Gasteiger charge is 2.33. The van der Waals surface area contributed by atoms with Gasteiger partial charge in [0.05, 0.1) is 36.6 Å². The van der Waals surface area contributed by atoms with E-state index in [1.54, 1.807) is 7.11 Å². The van der Waals surface area contributed by atoms with Gasteiger partial charge in [-0.1, -0.05) is 0 Å². The van der Waals surface area contributed by atoms with E-state index in [-0.39, 0.29) is 18.1 Å². The van der Waals surface area contributed by atoms with Crippen molar-refractivity contribution in [1.29, 1.82) is 0 Å². The zero-order valence-electron chi connectivity index (χ0n) is 15.7. The molecule has 0 unspecified atom stereocenters. The van der Waals surface area contributed by atoms with Crippen LogP contribution in [0.25, 0.3) is 22.2 Å². The van der Waals surface area contributed by atoms with Crippen LogP contribution in [0.3, 0.4) is 0 Å². The molecule has 2 aliphatic rings. The molecule has 2 atom stereocenters. The molecular weight excluding hydrogens is 356 g/mol. The number of methoxy groups -OCH3 is 1. The number of rotatable bonds is 4. The highest BCUT2D eigenvalue weighted by Crippen LogP contribution is 2.33. The summed E-state index contributed by atoms with van der Waals surface area (Å²) in [7, 11) is 1.73. The molecule has 5 heterocycles. The summed E-state index contributed by atoms with van der Waals surface area (Å²) in [6.45, 7) is 1.20. The Hall–Kier alpha value is -2.77. The van der Waals surface area contributed by atoms with Gasteiger partial charge in [-0.15, -0.1) is 0 Å². The lowest BCUT2D eigenvalue weighted by molar-refractivity contribution is -0.118. The van der Waals surface area contributed by atoms with E-state index >= 15 is 0 Å². The van der Waals surface area contributed by atoms with E-state index in [0.29, 0.717) is 19.6 Å². The van der Waals surface area contributed by atoms with E-state index < -0.39 is 0 Å². The van der Waals surface area contributed by atoms with E-state index in [9.17, 15) is 4.79 Å². The van der Waals surface area contributed by atoms with Crippen molar-refractivity contribution in [3.05, 3.63) is 42.5 Å². The van der Waals surface area contributed by atoms with Crippen LogP contribution in [0.15, 0.2) is 36.8 Å². The second kappa shape index (κ2) is 7.00. The molecule has 7 nitrogen and oxygen atoms in total. The van der Waals surface area contributed by atoms with Crippen LogP contribution in [0.4, 0.5) is 5.69 Å². The molecule has 0 aromatic carbocycles. The first-order valence-electron chi connectivity index (χ1n) is 9.58. The molecule has 0 bridgehead atoms. The summed E-state index contributed by atoms with van der Waals surface area (Å²) in [4.78, 5) is 26.6. The molecule has 0 spiro atoms. The van der Waals surface area contributed by atoms with Crippen molar-refractivity contribution in [2.24, 2.45) is 0 Å². The largest absolute Gasteiger partial charge is 0.381 e. The number of anilines is 1. The Morgan fingerprint density at radius 3 is 3.04 bits per heavy atom. The monoisotopic (exact) mass is 378 g/mol. The van der Waals surface area contributed by atoms with E-state index in [0.717, 1.165) is 46.4 Å². The normalized spacial score (nSPS) is 22.0. The lowest BCUT2D eigenvalue weighted by Gasteiger charge is -2.31. The van der Waals surface area contributed by atoms with Gasteiger partial charge in [0.25, 0.3) is 0 Å². The second-order valence-electron chi connectivity index (χ2n) is 7.39. The summed E-state index contributed by atoms with van der Waals surface area (Å²) < 4.78 is 11.4. The van der Waals surface area contributed by atoms with Gasteiger partial charge in [0.15, 0.2) is 0 Å². The van der Waals surface area contributed by atoms with Crippen LogP contribution in [0.5, 0.6) is 0 Å². The number of amides is 1. The summed E-state index contributed by atoms with van der Waals surface area (Å²) in [6, 6.07) is 6.12. The Morgan fingerprint density at radius 2 is 2.14 bits per heavy atom. The molecule has 1 saturated heterocycles. The minimum atomic E-state index is -0.0184. The van der Waals surface area contributed by atoms with Gasteiger partial charge in [-0.05, 0) is 24.6 Å². The Balaban J connectivity index is 1.43. The summed E-state index contributed by atoms with van der Waals surface area (Å²) in [5.41, 5.74) is 4.49. The van der Waals surface area contributed by atoms with E-state index in [2.05, 4.69) is 21.0 Å². The first-order valence-corrected chi connectivity index (χ1v) is 9.58. The first-order chi connectivity index (χ1) is 13.7. The predicted molar refractivity (Wildman–Crippen MR) is 105 cm³/mol. The third-order valence-electron chi connectivity index (χ3n) is 5.63. The zero-order chi connectivity index (χ0) is 19.1. The van der Waals surface area contributed by atoms with Gasteiger partial charge in [0.1, 0.15) is 5.65 Å². The number of pyridine rings is 2. The maximum Gasteiger partial charge on any atom is 0.233 e. The Labute approximate surface area is 162 Å². The number of nitrogens with one attached hydrogen (secondary N) is 1. The zero-order valence-corrected chi connectivity index (χ0v) is 15.7. The van der Waals surface area contributed by atoms with Crippen LogP contribution in [0, 0.1) is 0 Å². The summed E-state index contributed by atoms with van der Waals surface area (Å²) in [5.74, 6) is 0.0713. The van der Waals surface area contributed by atoms with Crippen molar-refractivity contribution >= 4 is 22.6 Å². The molecule has 3 aromatic rings. The number of hydrogen-bond acceptors (Lipinski definition) is 5. The molecule has 0 radical (unpaired) electrons. The lowest BCUT2D eigenvalue weighted by Crippen LogP contribution is -2.41. The number of hydrogen-bond donors (Lipinski definition) is 1. The Kier molecular flexibility index (Phi) is 4.33. The average Bonchev–Trinajstić information content (AvgIpc) is 3.31. The molecule has 1 N–H and O–H groups in total. The third-order valence-corrected chi connectivity index (χ3v) is 5.63. The smallest absolute Gasteiger partial charge is 0.233 e. The van der Waals surface area contributed by atoms with Crippen molar-refractivity contribution in [1.82, 2.24) is 15.0 Å². The minimum absolute atomic E-state index is 0.0184. The fourth-order valence-corrected chi connectivity index (χ4v) is 4.07. The van der Waals surface area contributed by atoms with Gasteiger partial charge in [-0.2, -0.15) is 0 Å². The van der Waals surface area contributed by atoms with E-state index in [1.807, 2.05) is 35.6 Å². The van der Waals surface area contributed by atoms with Crippen LogP contribution in [0.1, 0.15) is 18.5 Å². The first kappa shape index (κ1) is 17.3. The second-order valence-corrected chi connectivity index (χ2v) is 7.39. The number of ether oxygens (including phenoxy) is 2. The molecule has 7 heteroatoms. The number of nitrogens with zero attached hydrogens (tertiary/aromatic N) is 3. The van der Waals surface area contributed by atoms with Gasteiger partial charge >= 0.3 is 0 Å². The molecule has 144 valence electrons.